The second kappa shape index (κ2) is 7.24. The van der Waals surface area contributed by atoms with Gasteiger partial charge in [-0.2, -0.15) is 0 Å². The van der Waals surface area contributed by atoms with Crippen molar-refractivity contribution in [3.8, 4) is 0 Å². The zero-order chi connectivity index (χ0) is 15.3. The van der Waals surface area contributed by atoms with E-state index in [0.717, 1.165) is 0 Å². The van der Waals surface area contributed by atoms with Crippen molar-refractivity contribution in [2.75, 3.05) is 13.2 Å². The number of esters is 2. The van der Waals surface area contributed by atoms with Crippen molar-refractivity contribution in [3.63, 3.8) is 0 Å². The number of hydrogen-bond donors (Lipinski definition) is 0. The number of pyridine rings is 1. The van der Waals surface area contributed by atoms with E-state index < -0.39 is 11.9 Å². The van der Waals surface area contributed by atoms with Gasteiger partial charge in [-0.1, -0.05) is 0 Å². The van der Waals surface area contributed by atoms with Crippen LogP contribution in [-0.2, 0) is 15.4 Å². The van der Waals surface area contributed by atoms with Gasteiger partial charge in [0.05, 0.1) is 35.7 Å². The standard InChI is InChI=1S/C14H18ClNO4/c1-5-19-13(17)11-8(3)16-9(4)12(10(11)7-15)14(18)20-6-2/h5-7H2,1-4H3. The van der Waals surface area contributed by atoms with E-state index in [4.69, 9.17) is 21.1 Å². The van der Waals surface area contributed by atoms with E-state index in [1.54, 1.807) is 27.7 Å². The SMILES string of the molecule is CCOC(=O)c1c(C)nc(C)c(C(=O)OCC)c1CCl. The van der Waals surface area contributed by atoms with Crippen molar-refractivity contribution >= 4 is 23.5 Å². The van der Waals surface area contributed by atoms with Crippen LogP contribution in [-0.4, -0.2) is 30.1 Å². The predicted molar refractivity (Wildman–Crippen MR) is 75.2 cm³/mol. The molecule has 20 heavy (non-hydrogen) atoms. The number of aromatic nitrogens is 1. The van der Waals surface area contributed by atoms with Crippen molar-refractivity contribution < 1.29 is 19.1 Å². The molecule has 0 aliphatic carbocycles. The number of aryl methyl sites for hydroxylation is 2. The van der Waals surface area contributed by atoms with Gasteiger partial charge < -0.3 is 9.47 Å². The first-order valence-electron chi connectivity index (χ1n) is 6.38. The second-order valence-corrected chi connectivity index (χ2v) is 4.35. The maximum absolute atomic E-state index is 12.0. The number of rotatable bonds is 5. The molecule has 6 heteroatoms. The first-order valence-corrected chi connectivity index (χ1v) is 6.91. The minimum Gasteiger partial charge on any atom is -0.462 e. The number of carbonyl (C=O) groups is 2. The van der Waals surface area contributed by atoms with Crippen LogP contribution in [0.25, 0.3) is 0 Å². The quantitative estimate of drug-likeness (QED) is 0.618. The highest BCUT2D eigenvalue weighted by atomic mass is 35.5. The van der Waals surface area contributed by atoms with E-state index >= 15 is 0 Å². The Kier molecular flexibility index (Phi) is 5.95. The molecule has 0 aliphatic rings. The van der Waals surface area contributed by atoms with Gasteiger partial charge in [0, 0.05) is 5.88 Å². The third-order valence-corrected chi connectivity index (χ3v) is 3.02. The molecular formula is C14H18ClNO4. The molecule has 0 atom stereocenters. The fourth-order valence-electron chi connectivity index (χ4n) is 2.01. The fraction of sp³-hybridized carbons (Fsp3) is 0.500. The van der Waals surface area contributed by atoms with Gasteiger partial charge in [-0.05, 0) is 33.3 Å². The summed E-state index contributed by atoms with van der Waals surface area (Å²) in [7, 11) is 0. The summed E-state index contributed by atoms with van der Waals surface area (Å²) in [5, 5.41) is 0. The van der Waals surface area contributed by atoms with E-state index in [1.807, 2.05) is 0 Å². The summed E-state index contributed by atoms with van der Waals surface area (Å²) in [5.41, 5.74) is 1.88. The van der Waals surface area contributed by atoms with E-state index in [2.05, 4.69) is 4.98 Å². The molecule has 0 fully saturated rings. The summed E-state index contributed by atoms with van der Waals surface area (Å²) in [5.74, 6) is -1.05. The molecule has 0 radical (unpaired) electrons. The summed E-state index contributed by atoms with van der Waals surface area (Å²) in [6, 6.07) is 0. The third kappa shape index (κ3) is 3.28. The third-order valence-electron chi connectivity index (χ3n) is 2.76. The summed E-state index contributed by atoms with van der Waals surface area (Å²) in [6.07, 6.45) is 0. The van der Waals surface area contributed by atoms with E-state index in [9.17, 15) is 9.59 Å². The molecule has 0 aromatic carbocycles. The smallest absolute Gasteiger partial charge is 0.340 e. The summed E-state index contributed by atoms with van der Waals surface area (Å²) in [4.78, 5) is 28.3. The van der Waals surface area contributed by atoms with Gasteiger partial charge in [0.25, 0.3) is 0 Å². The van der Waals surface area contributed by atoms with Crippen LogP contribution in [0.3, 0.4) is 0 Å². The average Bonchev–Trinajstić information content (AvgIpc) is 2.37. The molecule has 0 bridgehead atoms. The Labute approximate surface area is 123 Å². The summed E-state index contributed by atoms with van der Waals surface area (Å²) >= 11 is 5.93. The summed E-state index contributed by atoms with van der Waals surface area (Å²) in [6.45, 7) is 7.27. The van der Waals surface area contributed by atoms with Crippen molar-refractivity contribution in [1.82, 2.24) is 4.98 Å². The molecule has 0 spiro atoms. The summed E-state index contributed by atoms with van der Waals surface area (Å²) < 4.78 is 9.99. The Hall–Kier alpha value is -1.62. The number of alkyl halides is 1. The van der Waals surface area contributed by atoms with Crippen molar-refractivity contribution in [1.29, 1.82) is 0 Å². The lowest BCUT2D eigenvalue weighted by Crippen LogP contribution is -2.18. The molecule has 1 aromatic heterocycles. The number of carbonyl (C=O) groups excluding carboxylic acids is 2. The Balaban J connectivity index is 3.48. The lowest BCUT2D eigenvalue weighted by Gasteiger charge is -2.15. The molecule has 1 rings (SSSR count). The molecular weight excluding hydrogens is 282 g/mol. The van der Waals surface area contributed by atoms with Gasteiger partial charge in [-0.3, -0.25) is 4.98 Å². The Morgan fingerprint density at radius 2 is 1.40 bits per heavy atom. The van der Waals surface area contributed by atoms with Gasteiger partial charge in [-0.15, -0.1) is 11.6 Å². The van der Waals surface area contributed by atoms with Crippen molar-refractivity contribution in [2.45, 2.75) is 33.6 Å². The molecule has 0 N–H and O–H groups in total. The van der Waals surface area contributed by atoms with E-state index in [1.165, 1.54) is 0 Å². The van der Waals surface area contributed by atoms with Crippen LogP contribution in [0.5, 0.6) is 0 Å². The van der Waals surface area contributed by atoms with Crippen LogP contribution < -0.4 is 0 Å². The van der Waals surface area contributed by atoms with Gasteiger partial charge in [0.2, 0.25) is 0 Å². The highest BCUT2D eigenvalue weighted by molar-refractivity contribution is 6.18. The van der Waals surface area contributed by atoms with Crippen LogP contribution in [0.15, 0.2) is 0 Å². The lowest BCUT2D eigenvalue weighted by molar-refractivity contribution is 0.0521. The zero-order valence-corrected chi connectivity index (χ0v) is 12.8. The number of hydrogen-bond acceptors (Lipinski definition) is 5. The Morgan fingerprint density at radius 3 is 1.70 bits per heavy atom. The maximum Gasteiger partial charge on any atom is 0.340 e. The number of ether oxygens (including phenoxy) is 2. The van der Waals surface area contributed by atoms with E-state index in [0.29, 0.717) is 17.0 Å². The number of halogens is 1. The molecule has 1 aromatic rings. The van der Waals surface area contributed by atoms with Crippen LogP contribution >= 0.6 is 11.6 Å². The molecule has 0 saturated heterocycles. The van der Waals surface area contributed by atoms with Gasteiger partial charge in [-0.25, -0.2) is 9.59 Å². The minimum absolute atomic E-state index is 0.00644. The molecule has 0 aliphatic heterocycles. The minimum atomic E-state index is -0.529. The molecule has 110 valence electrons. The second-order valence-electron chi connectivity index (χ2n) is 4.09. The van der Waals surface area contributed by atoms with Gasteiger partial charge in [0.15, 0.2) is 0 Å². The molecule has 5 nitrogen and oxygen atoms in total. The molecule has 0 saturated carbocycles. The van der Waals surface area contributed by atoms with Crippen molar-refractivity contribution in [3.05, 3.63) is 28.1 Å². The highest BCUT2D eigenvalue weighted by Crippen LogP contribution is 2.24. The van der Waals surface area contributed by atoms with Gasteiger partial charge >= 0.3 is 11.9 Å². The van der Waals surface area contributed by atoms with Crippen molar-refractivity contribution in [2.24, 2.45) is 0 Å². The Morgan fingerprint density at radius 1 is 1.00 bits per heavy atom. The molecule has 0 amide bonds. The average molecular weight is 300 g/mol. The first kappa shape index (κ1) is 16.4. The maximum atomic E-state index is 12.0. The zero-order valence-electron chi connectivity index (χ0n) is 12.1. The van der Waals surface area contributed by atoms with Gasteiger partial charge in [0.1, 0.15) is 0 Å². The topological polar surface area (TPSA) is 65.5 Å². The predicted octanol–water partition coefficient (Wildman–Crippen LogP) is 2.79. The van der Waals surface area contributed by atoms with Crippen LogP contribution in [0, 0.1) is 13.8 Å². The molecule has 1 heterocycles. The highest BCUT2D eigenvalue weighted by Gasteiger charge is 2.25. The van der Waals surface area contributed by atoms with E-state index in [-0.39, 0.29) is 30.2 Å². The van der Waals surface area contributed by atoms with Crippen LogP contribution in [0.2, 0.25) is 0 Å². The largest absolute Gasteiger partial charge is 0.462 e. The first-order chi connectivity index (χ1) is 9.47. The molecule has 0 unspecified atom stereocenters. The lowest BCUT2D eigenvalue weighted by atomic mass is 10.00. The van der Waals surface area contributed by atoms with Crippen LogP contribution in [0.1, 0.15) is 51.5 Å². The number of nitrogens with zero attached hydrogens (tertiary/aromatic N) is 1. The van der Waals surface area contributed by atoms with Crippen LogP contribution in [0.4, 0.5) is 0 Å². The monoisotopic (exact) mass is 299 g/mol. The Bertz CT molecular complexity index is 486. The normalized spacial score (nSPS) is 10.2. The fourth-order valence-corrected chi connectivity index (χ4v) is 2.27.